The number of nitrogens with one attached hydrogen (secondary N) is 1. The Morgan fingerprint density at radius 2 is 1.82 bits per heavy atom. The molecule has 0 unspecified atom stereocenters. The van der Waals surface area contributed by atoms with Crippen LogP contribution in [0.1, 0.15) is 36.0 Å². The molecular weight excluding hydrogens is 286 g/mol. The second-order valence-corrected chi connectivity index (χ2v) is 5.43. The van der Waals surface area contributed by atoms with E-state index in [0.717, 1.165) is 0 Å². The van der Waals surface area contributed by atoms with Gasteiger partial charge in [0.15, 0.2) is 0 Å². The van der Waals surface area contributed by atoms with E-state index in [1.54, 1.807) is 18.2 Å². The summed E-state index contributed by atoms with van der Waals surface area (Å²) in [5.41, 5.74) is 0.419. The van der Waals surface area contributed by atoms with Crippen molar-refractivity contribution in [1.82, 2.24) is 5.32 Å². The number of ether oxygens (including phenoxy) is 2. The van der Waals surface area contributed by atoms with Crippen LogP contribution in [0.2, 0.25) is 0 Å². The molecule has 0 atom stereocenters. The summed E-state index contributed by atoms with van der Waals surface area (Å²) in [4.78, 5) is 23.4. The number of carboxylic acids is 1. The minimum Gasteiger partial charge on any atom is -0.497 e. The predicted molar refractivity (Wildman–Crippen MR) is 80.4 cm³/mol. The van der Waals surface area contributed by atoms with Crippen molar-refractivity contribution in [3.63, 3.8) is 0 Å². The Hall–Kier alpha value is -2.24. The maximum absolute atomic E-state index is 12.4. The third kappa shape index (κ3) is 3.69. The number of amides is 1. The summed E-state index contributed by atoms with van der Waals surface area (Å²) >= 11 is 0. The molecule has 1 aliphatic carbocycles. The van der Waals surface area contributed by atoms with Crippen molar-refractivity contribution in [2.45, 2.75) is 31.7 Å². The molecule has 6 heteroatoms. The lowest BCUT2D eigenvalue weighted by Crippen LogP contribution is -2.38. The van der Waals surface area contributed by atoms with E-state index >= 15 is 0 Å². The van der Waals surface area contributed by atoms with Crippen LogP contribution in [0.15, 0.2) is 18.2 Å². The molecule has 1 aromatic rings. The number of hydrogen-bond donors (Lipinski definition) is 2. The molecule has 1 aromatic carbocycles. The van der Waals surface area contributed by atoms with Crippen LogP contribution in [0, 0.1) is 5.92 Å². The highest BCUT2D eigenvalue weighted by Crippen LogP contribution is 2.27. The highest BCUT2D eigenvalue weighted by Gasteiger charge is 2.27. The first-order chi connectivity index (χ1) is 10.5. The Labute approximate surface area is 129 Å². The summed E-state index contributed by atoms with van der Waals surface area (Å²) in [6, 6.07) is 5.05. The standard InChI is InChI=1S/C16H21NO5/c1-21-12-7-8-14(22-2)13(9-12)15(18)17-11-5-3-10(4-6-11)16(19)20/h7-11H,3-6H2,1-2H3,(H,17,18)(H,19,20). The van der Waals surface area contributed by atoms with Gasteiger partial charge in [0.25, 0.3) is 5.91 Å². The maximum Gasteiger partial charge on any atom is 0.306 e. The lowest BCUT2D eigenvalue weighted by atomic mass is 9.86. The summed E-state index contributed by atoms with van der Waals surface area (Å²) in [7, 11) is 3.05. The number of rotatable bonds is 5. The van der Waals surface area contributed by atoms with Crippen LogP contribution in [0.5, 0.6) is 11.5 Å². The van der Waals surface area contributed by atoms with E-state index in [2.05, 4.69) is 5.32 Å². The van der Waals surface area contributed by atoms with Crippen molar-refractivity contribution in [3.8, 4) is 11.5 Å². The number of carbonyl (C=O) groups is 2. The van der Waals surface area contributed by atoms with E-state index in [1.807, 2.05) is 0 Å². The molecule has 2 rings (SSSR count). The van der Waals surface area contributed by atoms with Gasteiger partial charge < -0.3 is 19.9 Å². The summed E-state index contributed by atoms with van der Waals surface area (Å²) in [6.45, 7) is 0. The average molecular weight is 307 g/mol. The number of methoxy groups -OCH3 is 2. The van der Waals surface area contributed by atoms with Gasteiger partial charge in [-0.15, -0.1) is 0 Å². The zero-order valence-electron chi connectivity index (χ0n) is 12.8. The van der Waals surface area contributed by atoms with Crippen LogP contribution in [0.4, 0.5) is 0 Å². The first-order valence-corrected chi connectivity index (χ1v) is 7.30. The summed E-state index contributed by atoms with van der Waals surface area (Å²) in [6.07, 6.45) is 2.54. The van der Waals surface area contributed by atoms with Gasteiger partial charge in [0.2, 0.25) is 0 Å². The highest BCUT2D eigenvalue weighted by atomic mass is 16.5. The molecule has 0 saturated heterocycles. The largest absolute Gasteiger partial charge is 0.497 e. The van der Waals surface area contributed by atoms with Crippen LogP contribution in [-0.2, 0) is 4.79 Å². The second-order valence-electron chi connectivity index (χ2n) is 5.43. The molecule has 2 N–H and O–H groups in total. The summed E-state index contributed by atoms with van der Waals surface area (Å²) in [5, 5.41) is 11.9. The molecule has 6 nitrogen and oxygen atoms in total. The number of aliphatic carboxylic acids is 1. The average Bonchev–Trinajstić information content (AvgIpc) is 2.54. The summed E-state index contributed by atoms with van der Waals surface area (Å²) < 4.78 is 10.3. The minimum absolute atomic E-state index is 0.000919. The predicted octanol–water partition coefficient (Wildman–Crippen LogP) is 2.08. The molecule has 0 aromatic heterocycles. The van der Waals surface area contributed by atoms with Gasteiger partial charge in [-0.2, -0.15) is 0 Å². The molecule has 1 amide bonds. The molecule has 0 heterocycles. The Kier molecular flexibility index (Phi) is 5.25. The van der Waals surface area contributed by atoms with Gasteiger partial charge in [0.1, 0.15) is 11.5 Å². The molecular formula is C16H21NO5. The molecule has 0 aliphatic heterocycles. The van der Waals surface area contributed by atoms with E-state index in [-0.39, 0.29) is 17.9 Å². The Morgan fingerprint density at radius 1 is 1.14 bits per heavy atom. The fourth-order valence-electron chi connectivity index (χ4n) is 2.74. The zero-order chi connectivity index (χ0) is 16.1. The molecule has 0 spiro atoms. The van der Waals surface area contributed by atoms with E-state index in [9.17, 15) is 9.59 Å². The molecule has 1 saturated carbocycles. The fraction of sp³-hybridized carbons (Fsp3) is 0.500. The Morgan fingerprint density at radius 3 is 2.36 bits per heavy atom. The van der Waals surface area contributed by atoms with E-state index in [0.29, 0.717) is 42.7 Å². The quantitative estimate of drug-likeness (QED) is 0.870. The number of carboxylic acid groups (broad SMARTS) is 1. The van der Waals surface area contributed by atoms with Gasteiger partial charge in [-0.3, -0.25) is 9.59 Å². The minimum atomic E-state index is -0.751. The lowest BCUT2D eigenvalue weighted by Gasteiger charge is -2.27. The third-order valence-corrected chi connectivity index (χ3v) is 4.06. The summed E-state index contributed by atoms with van der Waals surface area (Å²) in [5.74, 6) is -0.202. The van der Waals surface area contributed by atoms with Crippen molar-refractivity contribution in [1.29, 1.82) is 0 Å². The normalized spacial score (nSPS) is 21.0. The maximum atomic E-state index is 12.4. The van der Waals surface area contributed by atoms with Crippen LogP contribution < -0.4 is 14.8 Å². The Bertz CT molecular complexity index is 549. The second kappa shape index (κ2) is 7.15. The van der Waals surface area contributed by atoms with Gasteiger partial charge in [-0.25, -0.2) is 0 Å². The van der Waals surface area contributed by atoms with Gasteiger partial charge in [0.05, 0.1) is 25.7 Å². The molecule has 120 valence electrons. The van der Waals surface area contributed by atoms with Crippen LogP contribution >= 0.6 is 0 Å². The van der Waals surface area contributed by atoms with Crippen LogP contribution in [-0.4, -0.2) is 37.2 Å². The zero-order valence-corrected chi connectivity index (χ0v) is 12.8. The van der Waals surface area contributed by atoms with Crippen molar-refractivity contribution >= 4 is 11.9 Å². The number of hydrogen-bond acceptors (Lipinski definition) is 4. The van der Waals surface area contributed by atoms with Gasteiger partial charge >= 0.3 is 5.97 Å². The van der Waals surface area contributed by atoms with Crippen molar-refractivity contribution in [2.24, 2.45) is 5.92 Å². The van der Waals surface area contributed by atoms with Gasteiger partial charge in [0, 0.05) is 6.04 Å². The van der Waals surface area contributed by atoms with Gasteiger partial charge in [-0.05, 0) is 43.9 Å². The first kappa shape index (κ1) is 16.1. The molecule has 0 radical (unpaired) electrons. The highest BCUT2D eigenvalue weighted by molar-refractivity contribution is 5.97. The SMILES string of the molecule is COc1ccc(OC)c(C(=O)NC2CCC(C(=O)O)CC2)c1. The Balaban J connectivity index is 2.02. The molecule has 1 fully saturated rings. The van der Waals surface area contributed by atoms with E-state index < -0.39 is 5.97 Å². The van der Waals surface area contributed by atoms with E-state index in [4.69, 9.17) is 14.6 Å². The van der Waals surface area contributed by atoms with Crippen molar-refractivity contribution in [3.05, 3.63) is 23.8 Å². The lowest BCUT2D eigenvalue weighted by molar-refractivity contribution is -0.142. The topological polar surface area (TPSA) is 84.9 Å². The third-order valence-electron chi connectivity index (χ3n) is 4.06. The molecule has 1 aliphatic rings. The molecule has 0 bridgehead atoms. The number of carbonyl (C=O) groups excluding carboxylic acids is 1. The number of benzene rings is 1. The van der Waals surface area contributed by atoms with Gasteiger partial charge in [-0.1, -0.05) is 0 Å². The van der Waals surface area contributed by atoms with E-state index in [1.165, 1.54) is 14.2 Å². The van der Waals surface area contributed by atoms with Crippen LogP contribution in [0.25, 0.3) is 0 Å². The first-order valence-electron chi connectivity index (χ1n) is 7.30. The smallest absolute Gasteiger partial charge is 0.306 e. The monoisotopic (exact) mass is 307 g/mol. The van der Waals surface area contributed by atoms with Crippen LogP contribution in [0.3, 0.4) is 0 Å². The van der Waals surface area contributed by atoms with Crippen molar-refractivity contribution in [2.75, 3.05) is 14.2 Å². The molecule has 22 heavy (non-hydrogen) atoms. The fourth-order valence-corrected chi connectivity index (χ4v) is 2.74. The van der Waals surface area contributed by atoms with Crippen molar-refractivity contribution < 1.29 is 24.2 Å².